The smallest absolute Gasteiger partial charge is 0.281 e. The number of rotatable bonds is 3. The van der Waals surface area contributed by atoms with Gasteiger partial charge in [0.25, 0.3) is 12.3 Å². The van der Waals surface area contributed by atoms with Crippen molar-refractivity contribution in [2.24, 2.45) is 11.1 Å². The zero-order valence-electron chi connectivity index (χ0n) is 14.5. The van der Waals surface area contributed by atoms with Gasteiger partial charge in [0.1, 0.15) is 5.69 Å². The maximum atomic E-state index is 13.8. The maximum absolute atomic E-state index is 13.8. The van der Waals surface area contributed by atoms with Crippen molar-refractivity contribution in [3.8, 4) is 5.82 Å². The standard InChI is InChI=1S/C17H20ClF2N5O/c1-17(2)9-24(7-5-12(17)21)16(26)10-8-23-25(13(10)14(19)20)15-11(18)4-3-6-22-15/h3-4,6,8,12,14H,5,7,9,21H2,1-2H3. The second-order valence-corrected chi connectivity index (χ2v) is 7.48. The predicted molar refractivity (Wildman–Crippen MR) is 93.6 cm³/mol. The SMILES string of the molecule is CC1(C)CN(C(=O)c2cnn(-c3ncccc3Cl)c2C(F)F)CCC1N. The molecule has 0 bridgehead atoms. The second kappa shape index (κ2) is 6.92. The van der Waals surface area contributed by atoms with E-state index in [4.69, 9.17) is 17.3 Å². The van der Waals surface area contributed by atoms with E-state index in [1.807, 2.05) is 13.8 Å². The highest BCUT2D eigenvalue weighted by atomic mass is 35.5. The summed E-state index contributed by atoms with van der Waals surface area (Å²) in [5, 5.41) is 4.12. The molecular weight excluding hydrogens is 364 g/mol. The summed E-state index contributed by atoms with van der Waals surface area (Å²) in [5.41, 5.74) is 5.14. The van der Waals surface area contributed by atoms with Crippen molar-refractivity contribution in [2.75, 3.05) is 13.1 Å². The zero-order chi connectivity index (χ0) is 19.1. The van der Waals surface area contributed by atoms with Crippen LogP contribution in [-0.4, -0.2) is 44.7 Å². The van der Waals surface area contributed by atoms with E-state index >= 15 is 0 Å². The van der Waals surface area contributed by atoms with E-state index in [0.717, 1.165) is 10.9 Å². The molecule has 0 spiro atoms. The third-order valence-electron chi connectivity index (χ3n) is 4.78. The summed E-state index contributed by atoms with van der Waals surface area (Å²) in [4.78, 5) is 18.4. The number of alkyl halides is 2. The summed E-state index contributed by atoms with van der Waals surface area (Å²) in [6.45, 7) is 4.73. The van der Waals surface area contributed by atoms with Gasteiger partial charge in [0.15, 0.2) is 5.82 Å². The summed E-state index contributed by atoms with van der Waals surface area (Å²) >= 11 is 6.05. The van der Waals surface area contributed by atoms with Gasteiger partial charge in [-0.3, -0.25) is 4.79 Å². The number of nitrogens with two attached hydrogens (primary N) is 1. The van der Waals surface area contributed by atoms with E-state index in [2.05, 4.69) is 10.1 Å². The third kappa shape index (κ3) is 3.31. The Bertz CT molecular complexity index is 823. The van der Waals surface area contributed by atoms with Crippen LogP contribution in [0.25, 0.3) is 5.82 Å². The average Bonchev–Trinajstić information content (AvgIpc) is 3.02. The molecule has 0 aliphatic carbocycles. The Morgan fingerprint density at radius 2 is 2.19 bits per heavy atom. The molecule has 1 unspecified atom stereocenters. The molecule has 9 heteroatoms. The highest BCUT2D eigenvalue weighted by Crippen LogP contribution is 2.32. The molecule has 6 nitrogen and oxygen atoms in total. The molecule has 0 radical (unpaired) electrons. The first kappa shape index (κ1) is 18.7. The number of carbonyl (C=O) groups is 1. The highest BCUT2D eigenvalue weighted by Gasteiger charge is 2.37. The monoisotopic (exact) mass is 383 g/mol. The normalized spacial score (nSPS) is 19.8. The van der Waals surface area contributed by atoms with Crippen molar-refractivity contribution < 1.29 is 13.6 Å². The Balaban J connectivity index is 1.99. The summed E-state index contributed by atoms with van der Waals surface area (Å²) in [7, 11) is 0. The van der Waals surface area contributed by atoms with E-state index in [-0.39, 0.29) is 27.9 Å². The first-order chi connectivity index (χ1) is 12.2. The van der Waals surface area contributed by atoms with Crippen LogP contribution in [0.15, 0.2) is 24.5 Å². The van der Waals surface area contributed by atoms with Gasteiger partial charge in [-0.05, 0) is 24.0 Å². The van der Waals surface area contributed by atoms with Crippen molar-refractivity contribution >= 4 is 17.5 Å². The topological polar surface area (TPSA) is 77.0 Å². The fraction of sp³-hybridized carbons (Fsp3) is 0.471. The fourth-order valence-corrected chi connectivity index (χ4v) is 3.35. The van der Waals surface area contributed by atoms with Crippen LogP contribution in [0.3, 0.4) is 0 Å². The zero-order valence-corrected chi connectivity index (χ0v) is 15.2. The van der Waals surface area contributed by atoms with Crippen molar-refractivity contribution in [3.63, 3.8) is 0 Å². The Kier molecular flexibility index (Phi) is 4.98. The number of hydrogen-bond acceptors (Lipinski definition) is 4. The van der Waals surface area contributed by atoms with Gasteiger partial charge in [-0.1, -0.05) is 25.4 Å². The van der Waals surface area contributed by atoms with E-state index < -0.39 is 18.0 Å². The summed E-state index contributed by atoms with van der Waals surface area (Å²) in [5.74, 6) is -0.428. The number of nitrogens with zero attached hydrogens (tertiary/aromatic N) is 4. The van der Waals surface area contributed by atoms with E-state index in [0.29, 0.717) is 19.5 Å². The van der Waals surface area contributed by atoms with Gasteiger partial charge >= 0.3 is 0 Å². The Labute approximate surface area is 154 Å². The molecule has 0 saturated carbocycles. The van der Waals surface area contributed by atoms with Gasteiger partial charge in [0, 0.05) is 25.3 Å². The Morgan fingerprint density at radius 1 is 1.46 bits per heavy atom. The van der Waals surface area contributed by atoms with Crippen LogP contribution >= 0.6 is 11.6 Å². The van der Waals surface area contributed by atoms with Gasteiger partial charge in [-0.15, -0.1) is 0 Å². The Morgan fingerprint density at radius 3 is 2.81 bits per heavy atom. The number of pyridine rings is 1. The molecule has 1 fully saturated rings. The number of piperidine rings is 1. The molecule has 2 N–H and O–H groups in total. The van der Waals surface area contributed by atoms with Crippen LogP contribution in [0.4, 0.5) is 8.78 Å². The first-order valence-corrected chi connectivity index (χ1v) is 8.62. The number of halogens is 3. The molecule has 1 atom stereocenters. The molecule has 0 aromatic carbocycles. The van der Waals surface area contributed by atoms with Crippen molar-refractivity contribution in [3.05, 3.63) is 40.8 Å². The van der Waals surface area contributed by atoms with Crippen LogP contribution in [-0.2, 0) is 0 Å². The van der Waals surface area contributed by atoms with Crippen LogP contribution in [0.5, 0.6) is 0 Å². The van der Waals surface area contributed by atoms with Crippen molar-refractivity contribution in [1.82, 2.24) is 19.7 Å². The minimum absolute atomic E-state index is 0.0452. The molecule has 1 aliphatic heterocycles. The number of amides is 1. The molecular formula is C17H20ClF2N5O. The largest absolute Gasteiger partial charge is 0.338 e. The molecule has 1 amide bonds. The first-order valence-electron chi connectivity index (χ1n) is 8.24. The highest BCUT2D eigenvalue weighted by molar-refractivity contribution is 6.32. The minimum Gasteiger partial charge on any atom is -0.338 e. The average molecular weight is 384 g/mol. The minimum atomic E-state index is -2.91. The molecule has 26 heavy (non-hydrogen) atoms. The lowest BCUT2D eigenvalue weighted by molar-refractivity contribution is 0.0523. The van der Waals surface area contributed by atoms with Gasteiger partial charge in [-0.25, -0.2) is 18.4 Å². The number of hydrogen-bond donors (Lipinski definition) is 1. The van der Waals surface area contributed by atoms with Crippen LogP contribution in [0, 0.1) is 5.41 Å². The molecule has 1 saturated heterocycles. The number of likely N-dealkylation sites (tertiary alicyclic amines) is 1. The predicted octanol–water partition coefficient (Wildman–Crippen LogP) is 3.06. The van der Waals surface area contributed by atoms with Gasteiger partial charge in [0.05, 0.1) is 16.8 Å². The van der Waals surface area contributed by atoms with Crippen LogP contribution < -0.4 is 5.73 Å². The second-order valence-electron chi connectivity index (χ2n) is 7.08. The maximum Gasteiger partial charge on any atom is 0.281 e. The number of aromatic nitrogens is 3. The third-order valence-corrected chi connectivity index (χ3v) is 5.08. The van der Waals surface area contributed by atoms with Crippen molar-refractivity contribution in [1.29, 1.82) is 0 Å². The fourth-order valence-electron chi connectivity index (χ4n) is 3.15. The molecule has 2 aromatic heterocycles. The number of carbonyl (C=O) groups excluding carboxylic acids is 1. The molecule has 2 aromatic rings. The lowest BCUT2D eigenvalue weighted by Gasteiger charge is -2.42. The quantitative estimate of drug-likeness (QED) is 0.883. The van der Waals surface area contributed by atoms with Crippen LogP contribution in [0.2, 0.25) is 5.02 Å². The summed E-state index contributed by atoms with van der Waals surface area (Å²) in [6, 6.07) is 3.07. The van der Waals surface area contributed by atoms with Gasteiger partial charge < -0.3 is 10.6 Å². The molecule has 3 rings (SSSR count). The van der Waals surface area contributed by atoms with Gasteiger partial charge in [-0.2, -0.15) is 5.10 Å². The van der Waals surface area contributed by atoms with Crippen molar-refractivity contribution in [2.45, 2.75) is 32.7 Å². The summed E-state index contributed by atoms with van der Waals surface area (Å²) in [6.07, 6.45) is 0.280. The molecule has 3 heterocycles. The summed E-state index contributed by atoms with van der Waals surface area (Å²) < 4.78 is 28.4. The lowest BCUT2D eigenvalue weighted by Crippen LogP contribution is -2.54. The Hall–Kier alpha value is -2.06. The molecule has 140 valence electrons. The lowest BCUT2D eigenvalue weighted by atomic mass is 9.79. The molecule has 1 aliphatic rings. The van der Waals surface area contributed by atoms with Gasteiger partial charge in [0.2, 0.25) is 0 Å². The van der Waals surface area contributed by atoms with Crippen LogP contribution in [0.1, 0.15) is 42.7 Å². The van der Waals surface area contributed by atoms with E-state index in [1.165, 1.54) is 12.3 Å². The van der Waals surface area contributed by atoms with E-state index in [9.17, 15) is 13.6 Å². The van der Waals surface area contributed by atoms with E-state index in [1.54, 1.807) is 11.0 Å².